The molecule has 0 radical (unpaired) electrons. The van der Waals surface area contributed by atoms with Crippen molar-refractivity contribution in [3.63, 3.8) is 0 Å². The van der Waals surface area contributed by atoms with Crippen LogP contribution in [0.3, 0.4) is 0 Å². The van der Waals surface area contributed by atoms with Gasteiger partial charge in [-0.2, -0.15) is 5.10 Å². The summed E-state index contributed by atoms with van der Waals surface area (Å²) < 4.78 is 0. The topological polar surface area (TPSA) is 38.4 Å². The van der Waals surface area contributed by atoms with Gasteiger partial charge in [0.2, 0.25) is 0 Å². The third-order valence-electron chi connectivity index (χ3n) is 1.45. The van der Waals surface area contributed by atoms with Crippen molar-refractivity contribution in [1.82, 2.24) is 0 Å². The minimum Gasteiger partial charge on any atom is -0.324 e. The molecule has 0 atom stereocenters. The zero-order valence-corrected chi connectivity index (χ0v) is 4.30. The van der Waals surface area contributed by atoms with E-state index in [4.69, 9.17) is 5.84 Å². The molecule has 1 saturated carbocycles. The third-order valence-corrected chi connectivity index (χ3v) is 1.45. The van der Waals surface area contributed by atoms with Crippen molar-refractivity contribution in [1.29, 1.82) is 0 Å². The highest BCUT2D eigenvalue weighted by molar-refractivity contribution is 5.61. The molecule has 0 aliphatic heterocycles. The van der Waals surface area contributed by atoms with E-state index < -0.39 is 0 Å². The van der Waals surface area contributed by atoms with Crippen LogP contribution in [0.2, 0.25) is 0 Å². The van der Waals surface area contributed by atoms with Gasteiger partial charge < -0.3 is 5.84 Å². The van der Waals surface area contributed by atoms with Crippen LogP contribution in [0.15, 0.2) is 5.10 Å². The van der Waals surface area contributed by atoms with Crippen LogP contribution < -0.4 is 5.84 Å². The highest BCUT2D eigenvalue weighted by atomic mass is 15.1. The molecule has 40 valence electrons. The van der Waals surface area contributed by atoms with Crippen LogP contribution in [0.1, 0.15) is 19.3 Å². The van der Waals surface area contributed by atoms with E-state index in [2.05, 4.69) is 5.10 Å². The fourth-order valence-electron chi connectivity index (χ4n) is 0.711. The van der Waals surface area contributed by atoms with Gasteiger partial charge in [-0.15, -0.1) is 0 Å². The Bertz CT molecular complexity index is 74.1. The number of hydrogen-bond acceptors (Lipinski definition) is 2. The summed E-state index contributed by atoms with van der Waals surface area (Å²) in [7, 11) is 0. The maximum Gasteiger partial charge on any atom is 0.0271 e. The lowest BCUT2D eigenvalue weighted by atomic mass is 9.87. The second kappa shape index (κ2) is 1.96. The van der Waals surface area contributed by atoms with Gasteiger partial charge in [0.1, 0.15) is 0 Å². The van der Waals surface area contributed by atoms with Crippen LogP contribution in [0.25, 0.3) is 0 Å². The van der Waals surface area contributed by atoms with Crippen molar-refractivity contribution in [3.05, 3.63) is 0 Å². The normalized spacial score (nSPS) is 22.9. The molecule has 0 amide bonds. The molecule has 1 aliphatic carbocycles. The number of nitrogens with zero attached hydrogens (tertiary/aromatic N) is 1. The number of hydrazone groups is 1. The summed E-state index contributed by atoms with van der Waals surface area (Å²) in [4.78, 5) is 0. The van der Waals surface area contributed by atoms with E-state index in [1.54, 1.807) is 0 Å². The maximum atomic E-state index is 4.91. The van der Waals surface area contributed by atoms with Crippen LogP contribution in [-0.2, 0) is 0 Å². The molecular formula is C5H10N2. The van der Waals surface area contributed by atoms with Crippen molar-refractivity contribution >= 4 is 6.21 Å². The van der Waals surface area contributed by atoms with Crippen LogP contribution in [0, 0.1) is 5.92 Å². The van der Waals surface area contributed by atoms with Gasteiger partial charge in [0, 0.05) is 6.21 Å². The molecule has 0 aromatic carbocycles. The lowest BCUT2D eigenvalue weighted by Gasteiger charge is -2.19. The summed E-state index contributed by atoms with van der Waals surface area (Å²) in [6.07, 6.45) is 5.78. The van der Waals surface area contributed by atoms with E-state index in [-0.39, 0.29) is 0 Å². The van der Waals surface area contributed by atoms with Crippen molar-refractivity contribution < 1.29 is 0 Å². The van der Waals surface area contributed by atoms with Gasteiger partial charge >= 0.3 is 0 Å². The predicted molar refractivity (Wildman–Crippen MR) is 30.0 cm³/mol. The van der Waals surface area contributed by atoms with Crippen molar-refractivity contribution in [2.45, 2.75) is 19.3 Å². The van der Waals surface area contributed by atoms with E-state index >= 15 is 0 Å². The average Bonchev–Trinajstić information content (AvgIpc) is 1.55. The minimum atomic E-state index is 0.713. The van der Waals surface area contributed by atoms with Crippen LogP contribution in [0.4, 0.5) is 0 Å². The molecule has 7 heavy (non-hydrogen) atoms. The number of nitrogens with two attached hydrogens (primary N) is 1. The molecule has 0 spiro atoms. The summed E-state index contributed by atoms with van der Waals surface area (Å²) in [6, 6.07) is 0. The second-order valence-corrected chi connectivity index (χ2v) is 1.99. The van der Waals surface area contributed by atoms with E-state index in [0.717, 1.165) is 0 Å². The fraction of sp³-hybridized carbons (Fsp3) is 0.800. The summed E-state index contributed by atoms with van der Waals surface area (Å²) in [5.74, 6) is 5.62. The Hall–Kier alpha value is -0.530. The van der Waals surface area contributed by atoms with E-state index in [9.17, 15) is 0 Å². The molecule has 1 aliphatic rings. The Morgan fingerprint density at radius 2 is 2.29 bits per heavy atom. The molecule has 2 heteroatoms. The molecule has 0 unspecified atom stereocenters. The summed E-state index contributed by atoms with van der Waals surface area (Å²) in [6.45, 7) is 0. The lowest BCUT2D eigenvalue weighted by Crippen LogP contribution is -2.12. The molecule has 1 fully saturated rings. The zero-order chi connectivity index (χ0) is 5.11. The lowest BCUT2D eigenvalue weighted by molar-refractivity contribution is 0.420. The first-order valence-corrected chi connectivity index (χ1v) is 2.67. The fourth-order valence-corrected chi connectivity index (χ4v) is 0.711. The summed E-state index contributed by atoms with van der Waals surface area (Å²) in [5.41, 5.74) is 0. The van der Waals surface area contributed by atoms with Crippen molar-refractivity contribution in [2.24, 2.45) is 16.9 Å². The van der Waals surface area contributed by atoms with Crippen molar-refractivity contribution in [3.8, 4) is 0 Å². The Morgan fingerprint density at radius 3 is 2.43 bits per heavy atom. The minimum absolute atomic E-state index is 0.713. The molecular weight excluding hydrogens is 88.1 g/mol. The molecule has 0 heterocycles. The largest absolute Gasteiger partial charge is 0.324 e. The Kier molecular flexibility index (Phi) is 1.29. The van der Waals surface area contributed by atoms with Gasteiger partial charge in [0.05, 0.1) is 0 Å². The molecule has 0 bridgehead atoms. The van der Waals surface area contributed by atoms with E-state index in [1.165, 1.54) is 19.3 Å². The predicted octanol–water partition coefficient (Wildman–Crippen LogP) is 0.731. The first-order valence-electron chi connectivity index (χ1n) is 2.67. The number of rotatable bonds is 1. The van der Waals surface area contributed by atoms with Crippen LogP contribution >= 0.6 is 0 Å². The Labute approximate surface area is 43.4 Å². The first kappa shape index (κ1) is 4.62. The quantitative estimate of drug-likeness (QED) is 0.293. The Morgan fingerprint density at radius 1 is 1.57 bits per heavy atom. The highest BCUT2D eigenvalue weighted by Gasteiger charge is 2.13. The molecule has 2 N–H and O–H groups in total. The van der Waals surface area contributed by atoms with Gasteiger partial charge in [-0.05, 0) is 18.8 Å². The molecule has 0 aromatic rings. The first-order chi connectivity index (χ1) is 3.43. The van der Waals surface area contributed by atoms with Gasteiger partial charge in [0.25, 0.3) is 0 Å². The molecule has 1 rings (SSSR count). The van der Waals surface area contributed by atoms with Crippen LogP contribution in [-0.4, -0.2) is 6.21 Å². The van der Waals surface area contributed by atoms with Gasteiger partial charge in [-0.25, -0.2) is 0 Å². The monoisotopic (exact) mass is 98.1 g/mol. The second-order valence-electron chi connectivity index (χ2n) is 1.99. The van der Waals surface area contributed by atoms with Crippen molar-refractivity contribution in [2.75, 3.05) is 0 Å². The molecule has 2 nitrogen and oxygen atoms in total. The van der Waals surface area contributed by atoms with Crippen LogP contribution in [0.5, 0.6) is 0 Å². The summed E-state index contributed by atoms with van der Waals surface area (Å²) in [5, 5.41) is 3.43. The van der Waals surface area contributed by atoms with Gasteiger partial charge in [-0.3, -0.25) is 0 Å². The smallest absolute Gasteiger partial charge is 0.0271 e. The standard InChI is InChI=1S/C5H10N2/c6-7-4-5-2-1-3-5/h4-5H,1-3,6H2/b7-4+. The third kappa shape index (κ3) is 0.918. The maximum absolute atomic E-state index is 4.91. The van der Waals surface area contributed by atoms with E-state index in [0.29, 0.717) is 5.92 Å². The summed E-state index contributed by atoms with van der Waals surface area (Å²) >= 11 is 0. The Balaban J connectivity index is 2.14. The SMILES string of the molecule is N/N=C/C1CCC1. The molecule has 0 saturated heterocycles. The highest BCUT2D eigenvalue weighted by Crippen LogP contribution is 2.23. The van der Waals surface area contributed by atoms with E-state index in [1.807, 2.05) is 6.21 Å². The zero-order valence-electron chi connectivity index (χ0n) is 4.30. The molecule has 0 aromatic heterocycles. The van der Waals surface area contributed by atoms with Gasteiger partial charge in [-0.1, -0.05) is 6.42 Å². The average molecular weight is 98.1 g/mol. The number of hydrogen-bond donors (Lipinski definition) is 1. The van der Waals surface area contributed by atoms with Gasteiger partial charge in [0.15, 0.2) is 0 Å².